The van der Waals surface area contributed by atoms with Crippen molar-refractivity contribution in [3.63, 3.8) is 0 Å². The van der Waals surface area contributed by atoms with Crippen LogP contribution in [0.5, 0.6) is 0 Å². The number of hydrazone groups is 1. The van der Waals surface area contributed by atoms with Crippen molar-refractivity contribution in [2.45, 2.75) is 13.8 Å². The summed E-state index contributed by atoms with van der Waals surface area (Å²) in [6.07, 6.45) is 3.15. The van der Waals surface area contributed by atoms with Gasteiger partial charge in [0.1, 0.15) is 5.69 Å². The van der Waals surface area contributed by atoms with Gasteiger partial charge in [-0.05, 0) is 49.2 Å². The number of aryl methyl sites for hydroxylation is 2. The molecule has 0 aliphatic heterocycles. The monoisotopic (exact) mass is 319 g/mol. The van der Waals surface area contributed by atoms with Gasteiger partial charge in [0, 0.05) is 11.8 Å². The first kappa shape index (κ1) is 15.6. The lowest BCUT2D eigenvalue weighted by atomic mass is 10.0. The summed E-state index contributed by atoms with van der Waals surface area (Å²) in [5.74, 6) is -0.357. The molecule has 0 bridgehead atoms. The third kappa shape index (κ3) is 3.55. The molecule has 120 valence electrons. The van der Waals surface area contributed by atoms with E-state index in [2.05, 4.69) is 32.6 Å². The summed E-state index contributed by atoms with van der Waals surface area (Å²) in [7, 11) is 0. The van der Waals surface area contributed by atoms with Crippen molar-refractivity contribution in [2.24, 2.45) is 5.10 Å². The fraction of sp³-hybridized carbons (Fsp3) is 0.111. The van der Waals surface area contributed by atoms with Crippen LogP contribution in [0, 0.1) is 13.8 Å². The maximum absolute atomic E-state index is 12.1. The summed E-state index contributed by atoms with van der Waals surface area (Å²) in [6.45, 7) is 4.10. The van der Waals surface area contributed by atoms with Crippen LogP contribution >= 0.6 is 0 Å². The Morgan fingerprint density at radius 3 is 2.79 bits per heavy atom. The van der Waals surface area contributed by atoms with Crippen molar-refractivity contribution in [1.82, 2.24) is 20.6 Å². The molecule has 0 spiro atoms. The molecule has 3 rings (SSSR count). The number of hydrogen-bond acceptors (Lipinski definition) is 4. The van der Waals surface area contributed by atoms with Gasteiger partial charge in [0.2, 0.25) is 0 Å². The van der Waals surface area contributed by atoms with Gasteiger partial charge >= 0.3 is 0 Å². The van der Waals surface area contributed by atoms with Crippen LogP contribution in [0.1, 0.15) is 27.3 Å². The molecule has 0 aliphatic carbocycles. The number of benzene rings is 1. The number of pyridine rings is 1. The summed E-state index contributed by atoms with van der Waals surface area (Å²) in [5.41, 5.74) is 7.55. The first-order valence-corrected chi connectivity index (χ1v) is 7.51. The van der Waals surface area contributed by atoms with Crippen LogP contribution in [0.25, 0.3) is 11.3 Å². The molecule has 0 saturated heterocycles. The third-order valence-corrected chi connectivity index (χ3v) is 3.68. The molecule has 3 aromatic rings. The van der Waals surface area contributed by atoms with Crippen LogP contribution in [-0.4, -0.2) is 27.3 Å². The second-order valence-corrected chi connectivity index (χ2v) is 5.42. The minimum Gasteiger partial charge on any atom is -0.272 e. The second kappa shape index (κ2) is 6.87. The van der Waals surface area contributed by atoms with Crippen LogP contribution in [-0.2, 0) is 0 Å². The predicted molar refractivity (Wildman–Crippen MR) is 92.8 cm³/mol. The van der Waals surface area contributed by atoms with Gasteiger partial charge in [-0.1, -0.05) is 18.2 Å². The Bertz CT molecular complexity index is 883. The van der Waals surface area contributed by atoms with Crippen molar-refractivity contribution < 1.29 is 4.79 Å². The van der Waals surface area contributed by atoms with Gasteiger partial charge in [-0.15, -0.1) is 0 Å². The first-order valence-electron chi connectivity index (χ1n) is 7.51. The zero-order valence-corrected chi connectivity index (χ0v) is 13.4. The quantitative estimate of drug-likeness (QED) is 0.573. The van der Waals surface area contributed by atoms with Gasteiger partial charge in [-0.3, -0.25) is 14.9 Å². The van der Waals surface area contributed by atoms with Crippen molar-refractivity contribution in [1.29, 1.82) is 0 Å². The fourth-order valence-corrected chi connectivity index (χ4v) is 2.16. The van der Waals surface area contributed by atoms with Gasteiger partial charge in [0.25, 0.3) is 5.91 Å². The fourth-order valence-electron chi connectivity index (χ4n) is 2.16. The van der Waals surface area contributed by atoms with Gasteiger partial charge in [-0.2, -0.15) is 10.2 Å². The number of nitrogens with one attached hydrogen (secondary N) is 2. The highest BCUT2D eigenvalue weighted by molar-refractivity contribution is 5.94. The Balaban J connectivity index is 1.69. The SMILES string of the molecule is Cc1ccc(-c2cc(C(=O)NN=Cc3ccccn3)[nH]n2)cc1C. The molecule has 6 nitrogen and oxygen atoms in total. The van der Waals surface area contributed by atoms with E-state index in [1.807, 2.05) is 37.3 Å². The molecule has 0 fully saturated rings. The number of hydrogen-bond donors (Lipinski definition) is 2. The van der Waals surface area contributed by atoms with Crippen LogP contribution in [0.15, 0.2) is 53.8 Å². The Kier molecular flexibility index (Phi) is 4.47. The number of aromatic nitrogens is 3. The van der Waals surface area contributed by atoms with Gasteiger partial charge in [-0.25, -0.2) is 5.43 Å². The summed E-state index contributed by atoms with van der Waals surface area (Å²) in [6, 6.07) is 13.2. The van der Waals surface area contributed by atoms with E-state index in [1.165, 1.54) is 17.3 Å². The zero-order chi connectivity index (χ0) is 16.9. The molecular weight excluding hydrogens is 302 g/mol. The lowest BCUT2D eigenvalue weighted by molar-refractivity contribution is 0.0950. The molecule has 0 saturated carbocycles. The Hall–Kier alpha value is -3.28. The molecule has 2 heterocycles. The minimum atomic E-state index is -0.357. The second-order valence-electron chi connectivity index (χ2n) is 5.42. The van der Waals surface area contributed by atoms with Gasteiger partial charge in [0.15, 0.2) is 0 Å². The summed E-state index contributed by atoms with van der Waals surface area (Å²) in [4.78, 5) is 16.2. The molecule has 1 aromatic carbocycles. The maximum Gasteiger partial charge on any atom is 0.289 e. The smallest absolute Gasteiger partial charge is 0.272 e. The standard InChI is InChI=1S/C18H17N5O/c1-12-6-7-14(9-13(12)2)16-10-17(22-21-16)18(24)23-20-11-15-5-3-4-8-19-15/h3-11H,1-2H3,(H,21,22)(H,23,24). The highest BCUT2D eigenvalue weighted by atomic mass is 16.2. The van der Waals surface area contributed by atoms with Crippen LogP contribution in [0.3, 0.4) is 0 Å². The summed E-state index contributed by atoms with van der Waals surface area (Å²) < 4.78 is 0. The molecule has 0 aliphatic rings. The molecular formula is C18H17N5O. The van der Waals surface area contributed by atoms with Crippen molar-refractivity contribution >= 4 is 12.1 Å². The van der Waals surface area contributed by atoms with Crippen molar-refractivity contribution in [3.05, 3.63) is 71.2 Å². The number of H-pyrrole nitrogens is 1. The number of aromatic amines is 1. The first-order chi connectivity index (χ1) is 11.6. The maximum atomic E-state index is 12.1. The molecule has 0 radical (unpaired) electrons. The van der Waals surface area contributed by atoms with E-state index in [1.54, 1.807) is 18.3 Å². The van der Waals surface area contributed by atoms with E-state index in [0.717, 1.165) is 11.3 Å². The number of amides is 1. The van der Waals surface area contributed by atoms with E-state index in [9.17, 15) is 4.79 Å². The number of nitrogens with zero attached hydrogens (tertiary/aromatic N) is 3. The number of carbonyl (C=O) groups excluding carboxylic acids is 1. The van der Waals surface area contributed by atoms with Gasteiger partial charge < -0.3 is 0 Å². The average molecular weight is 319 g/mol. The number of carbonyl (C=O) groups is 1. The molecule has 0 unspecified atom stereocenters. The zero-order valence-electron chi connectivity index (χ0n) is 13.4. The highest BCUT2D eigenvalue weighted by Gasteiger charge is 2.10. The lowest BCUT2D eigenvalue weighted by Gasteiger charge is -2.01. The Labute approximate surface area is 139 Å². The topological polar surface area (TPSA) is 83.0 Å². The van der Waals surface area contributed by atoms with E-state index in [0.29, 0.717) is 11.4 Å². The van der Waals surface area contributed by atoms with E-state index in [-0.39, 0.29) is 5.91 Å². The van der Waals surface area contributed by atoms with E-state index in [4.69, 9.17) is 0 Å². The van der Waals surface area contributed by atoms with Crippen molar-refractivity contribution in [3.8, 4) is 11.3 Å². The van der Waals surface area contributed by atoms with Gasteiger partial charge in [0.05, 0.1) is 17.6 Å². The predicted octanol–water partition coefficient (Wildman–Crippen LogP) is 2.85. The Morgan fingerprint density at radius 2 is 2.04 bits per heavy atom. The lowest BCUT2D eigenvalue weighted by Crippen LogP contribution is -2.18. The Morgan fingerprint density at radius 1 is 1.17 bits per heavy atom. The largest absolute Gasteiger partial charge is 0.289 e. The molecule has 1 amide bonds. The van der Waals surface area contributed by atoms with Crippen LogP contribution in [0.2, 0.25) is 0 Å². The van der Waals surface area contributed by atoms with Crippen LogP contribution in [0.4, 0.5) is 0 Å². The molecule has 24 heavy (non-hydrogen) atoms. The van der Waals surface area contributed by atoms with E-state index < -0.39 is 0 Å². The van der Waals surface area contributed by atoms with Crippen LogP contribution < -0.4 is 5.43 Å². The summed E-state index contributed by atoms with van der Waals surface area (Å²) in [5, 5.41) is 10.8. The highest BCUT2D eigenvalue weighted by Crippen LogP contribution is 2.20. The molecule has 2 aromatic heterocycles. The molecule has 6 heteroatoms. The van der Waals surface area contributed by atoms with E-state index >= 15 is 0 Å². The number of rotatable bonds is 4. The third-order valence-electron chi connectivity index (χ3n) is 3.68. The normalized spacial score (nSPS) is 10.9. The average Bonchev–Trinajstić information content (AvgIpc) is 3.08. The summed E-state index contributed by atoms with van der Waals surface area (Å²) >= 11 is 0. The molecule has 0 atom stereocenters. The minimum absolute atomic E-state index is 0.349. The molecule has 2 N–H and O–H groups in total. The van der Waals surface area contributed by atoms with Crippen molar-refractivity contribution in [2.75, 3.05) is 0 Å².